The molecule has 1 saturated heterocycles. The van der Waals surface area contributed by atoms with Crippen LogP contribution < -0.4 is 0 Å². The van der Waals surface area contributed by atoms with E-state index in [1.54, 1.807) is 18.8 Å². The van der Waals surface area contributed by atoms with Crippen molar-refractivity contribution in [2.75, 3.05) is 43.7 Å². The van der Waals surface area contributed by atoms with Crippen molar-refractivity contribution in [3.05, 3.63) is 0 Å². The van der Waals surface area contributed by atoms with E-state index < -0.39 is 21.8 Å². The van der Waals surface area contributed by atoms with E-state index in [9.17, 15) is 18.0 Å². The van der Waals surface area contributed by atoms with Gasteiger partial charge in [-0.2, -0.15) is 11.8 Å². The molecule has 1 atom stereocenters. The van der Waals surface area contributed by atoms with Gasteiger partial charge < -0.3 is 14.9 Å². The Balaban J connectivity index is 2.79. The largest absolute Gasteiger partial charge is 0.481 e. The monoisotopic (exact) mass is 324 g/mol. The van der Waals surface area contributed by atoms with Crippen LogP contribution in [0, 0.1) is 0 Å². The predicted molar refractivity (Wildman–Crippen MR) is 77.8 cm³/mol. The fourth-order valence-electron chi connectivity index (χ4n) is 2.05. The molecule has 1 heterocycles. The van der Waals surface area contributed by atoms with Crippen LogP contribution in [0.25, 0.3) is 0 Å². The molecule has 0 radical (unpaired) electrons. The highest BCUT2D eigenvalue weighted by Gasteiger charge is 2.36. The van der Waals surface area contributed by atoms with Crippen molar-refractivity contribution in [2.45, 2.75) is 12.5 Å². The molecule has 1 unspecified atom stereocenters. The summed E-state index contributed by atoms with van der Waals surface area (Å²) in [5, 5.41) is 8.87. The molecule has 0 aromatic heterocycles. The minimum absolute atomic E-state index is 0.0583. The summed E-state index contributed by atoms with van der Waals surface area (Å²) in [4.78, 5) is 26.0. The van der Waals surface area contributed by atoms with Crippen molar-refractivity contribution in [1.29, 1.82) is 0 Å². The van der Waals surface area contributed by atoms with Crippen LogP contribution in [0.2, 0.25) is 0 Å². The number of hydrogen-bond acceptors (Lipinski definition) is 5. The van der Waals surface area contributed by atoms with Gasteiger partial charge in [0.05, 0.1) is 24.0 Å². The highest BCUT2D eigenvalue weighted by molar-refractivity contribution is 7.98. The van der Waals surface area contributed by atoms with E-state index in [0.29, 0.717) is 6.54 Å². The van der Waals surface area contributed by atoms with Gasteiger partial charge in [0.1, 0.15) is 0 Å². The molecule has 0 aromatic rings. The fourth-order valence-corrected chi connectivity index (χ4v) is 4.03. The standard InChI is InChI=1S/C11H20N2O5S2/c1-12(3-5-19-2)11(16)13-4-6-20(17,18)8-9(13)7-10(14)15/h9H,3-8H2,1-2H3,(H,14,15). The van der Waals surface area contributed by atoms with E-state index in [-0.39, 0.29) is 30.5 Å². The van der Waals surface area contributed by atoms with Gasteiger partial charge in [-0.25, -0.2) is 13.2 Å². The second-order valence-corrected chi connectivity index (χ2v) is 7.97. The van der Waals surface area contributed by atoms with Gasteiger partial charge in [-0.3, -0.25) is 4.79 Å². The van der Waals surface area contributed by atoms with E-state index in [0.717, 1.165) is 5.75 Å². The maximum atomic E-state index is 12.3. The third kappa shape index (κ3) is 4.86. The molecule has 0 saturated carbocycles. The summed E-state index contributed by atoms with van der Waals surface area (Å²) in [6.45, 7) is 0.603. The van der Waals surface area contributed by atoms with Gasteiger partial charge in [0.2, 0.25) is 0 Å². The fraction of sp³-hybridized carbons (Fsp3) is 0.818. The number of aliphatic carboxylic acids is 1. The van der Waals surface area contributed by atoms with E-state index >= 15 is 0 Å². The number of nitrogens with zero attached hydrogens (tertiary/aromatic N) is 2. The Hall–Kier alpha value is -0.960. The van der Waals surface area contributed by atoms with Gasteiger partial charge in [0.15, 0.2) is 9.84 Å². The van der Waals surface area contributed by atoms with Crippen molar-refractivity contribution in [3.63, 3.8) is 0 Å². The first-order valence-corrected chi connectivity index (χ1v) is 9.41. The highest BCUT2D eigenvalue weighted by atomic mass is 32.2. The van der Waals surface area contributed by atoms with Gasteiger partial charge >= 0.3 is 12.0 Å². The van der Waals surface area contributed by atoms with E-state index in [1.165, 1.54) is 9.80 Å². The van der Waals surface area contributed by atoms with Gasteiger partial charge in [-0.05, 0) is 6.26 Å². The molecular weight excluding hydrogens is 304 g/mol. The molecule has 1 fully saturated rings. The molecule has 116 valence electrons. The molecule has 2 amide bonds. The molecule has 0 spiro atoms. The summed E-state index contributed by atoms with van der Waals surface area (Å²) in [5.41, 5.74) is 0. The summed E-state index contributed by atoms with van der Waals surface area (Å²) in [5.74, 6) is -0.707. The van der Waals surface area contributed by atoms with Crippen LogP contribution in [0.4, 0.5) is 4.79 Å². The molecule has 1 aliphatic rings. The number of urea groups is 1. The molecule has 0 bridgehead atoms. The third-order valence-corrected chi connectivity index (χ3v) is 5.43. The highest BCUT2D eigenvalue weighted by Crippen LogP contribution is 2.17. The average Bonchev–Trinajstić information content (AvgIpc) is 2.33. The van der Waals surface area contributed by atoms with Crippen LogP contribution in [0.3, 0.4) is 0 Å². The number of sulfone groups is 1. The van der Waals surface area contributed by atoms with Crippen molar-refractivity contribution >= 4 is 33.6 Å². The van der Waals surface area contributed by atoms with Crippen molar-refractivity contribution in [1.82, 2.24) is 9.80 Å². The van der Waals surface area contributed by atoms with E-state index in [2.05, 4.69) is 0 Å². The maximum Gasteiger partial charge on any atom is 0.320 e. The lowest BCUT2D eigenvalue weighted by Gasteiger charge is -2.37. The Labute approximate surface area is 123 Å². The zero-order valence-corrected chi connectivity index (χ0v) is 13.2. The second-order valence-electron chi connectivity index (χ2n) is 4.76. The lowest BCUT2D eigenvalue weighted by Crippen LogP contribution is -2.55. The molecular formula is C11H20N2O5S2. The average molecular weight is 324 g/mol. The number of carboxylic acids is 1. The zero-order chi connectivity index (χ0) is 15.3. The summed E-state index contributed by atoms with van der Waals surface area (Å²) >= 11 is 1.60. The normalized spacial score (nSPS) is 21.5. The Bertz CT molecular complexity index is 465. The smallest absolute Gasteiger partial charge is 0.320 e. The van der Waals surface area contributed by atoms with Gasteiger partial charge in [0, 0.05) is 25.9 Å². The lowest BCUT2D eigenvalue weighted by atomic mass is 10.2. The first kappa shape index (κ1) is 17.1. The van der Waals surface area contributed by atoms with Crippen molar-refractivity contribution in [2.24, 2.45) is 0 Å². The third-order valence-electron chi connectivity index (χ3n) is 3.14. The first-order valence-electron chi connectivity index (χ1n) is 6.19. The summed E-state index contributed by atoms with van der Waals surface area (Å²) in [6.07, 6.45) is 1.58. The summed E-state index contributed by atoms with van der Waals surface area (Å²) in [7, 11) is -1.63. The van der Waals surface area contributed by atoms with Crippen LogP contribution in [0.5, 0.6) is 0 Å². The van der Waals surface area contributed by atoms with Gasteiger partial charge in [-0.1, -0.05) is 0 Å². The Morgan fingerprint density at radius 2 is 2.10 bits per heavy atom. The molecule has 9 heteroatoms. The van der Waals surface area contributed by atoms with Crippen molar-refractivity contribution in [3.8, 4) is 0 Å². The van der Waals surface area contributed by atoms with E-state index in [4.69, 9.17) is 5.11 Å². The van der Waals surface area contributed by atoms with Crippen LogP contribution in [0.15, 0.2) is 0 Å². The van der Waals surface area contributed by atoms with Crippen LogP contribution in [-0.2, 0) is 14.6 Å². The number of hydrogen-bond donors (Lipinski definition) is 1. The molecule has 0 aliphatic carbocycles. The SMILES string of the molecule is CSCCN(C)C(=O)N1CCS(=O)(=O)CC1CC(=O)O. The topological polar surface area (TPSA) is 95.0 Å². The number of amides is 2. The van der Waals surface area contributed by atoms with Gasteiger partial charge in [0.25, 0.3) is 0 Å². The van der Waals surface area contributed by atoms with Crippen LogP contribution in [-0.4, -0.2) is 85.0 Å². The van der Waals surface area contributed by atoms with Crippen LogP contribution >= 0.6 is 11.8 Å². The second kappa shape index (κ2) is 7.16. The number of rotatable bonds is 5. The number of carbonyl (C=O) groups excluding carboxylic acids is 1. The summed E-state index contributed by atoms with van der Waals surface area (Å²) < 4.78 is 23.2. The van der Waals surface area contributed by atoms with E-state index in [1.807, 2.05) is 6.26 Å². The minimum atomic E-state index is -3.27. The predicted octanol–water partition coefficient (Wildman–Crippen LogP) is -0.0251. The Kier molecular flexibility index (Phi) is 6.12. The Morgan fingerprint density at radius 1 is 1.45 bits per heavy atom. The molecule has 1 rings (SSSR count). The van der Waals surface area contributed by atoms with Crippen molar-refractivity contribution < 1.29 is 23.1 Å². The molecule has 1 aliphatic heterocycles. The number of carboxylic acid groups (broad SMARTS) is 1. The quantitative estimate of drug-likeness (QED) is 0.763. The number of thioether (sulfide) groups is 1. The molecule has 1 N–H and O–H groups in total. The molecule has 7 nitrogen and oxygen atoms in total. The minimum Gasteiger partial charge on any atom is -0.481 e. The molecule has 20 heavy (non-hydrogen) atoms. The summed E-state index contributed by atoms with van der Waals surface area (Å²) in [6, 6.07) is -1.09. The Morgan fingerprint density at radius 3 is 2.65 bits per heavy atom. The first-order chi connectivity index (χ1) is 9.26. The number of carbonyl (C=O) groups is 2. The van der Waals surface area contributed by atoms with Gasteiger partial charge in [-0.15, -0.1) is 0 Å². The lowest BCUT2D eigenvalue weighted by molar-refractivity contribution is -0.138. The zero-order valence-electron chi connectivity index (χ0n) is 11.6. The maximum absolute atomic E-state index is 12.3. The van der Waals surface area contributed by atoms with Crippen LogP contribution in [0.1, 0.15) is 6.42 Å². The molecule has 0 aromatic carbocycles.